The monoisotopic (exact) mass is 406 g/mol. The molecule has 0 spiro atoms. The second-order valence-corrected chi connectivity index (χ2v) is 8.85. The number of carbonyl (C=O) groups excluding carboxylic acids is 2. The molecule has 0 aromatic heterocycles. The molecule has 0 amide bonds. The summed E-state index contributed by atoms with van der Waals surface area (Å²) >= 11 is 0. The predicted octanol–water partition coefficient (Wildman–Crippen LogP) is 8.06. The second-order valence-electron chi connectivity index (χ2n) is 8.85. The van der Waals surface area contributed by atoms with Crippen LogP contribution in [0.25, 0.3) is 0 Å². The lowest BCUT2D eigenvalue weighted by atomic mass is 9.98. The number of allylic oxidation sites excluding steroid dienone is 2. The van der Waals surface area contributed by atoms with Gasteiger partial charge in [-0.3, -0.25) is 9.59 Å². The molecule has 0 bridgehead atoms. The summed E-state index contributed by atoms with van der Waals surface area (Å²) in [6.45, 7) is 2.11. The van der Waals surface area contributed by atoms with Crippen LogP contribution in [0.2, 0.25) is 0 Å². The van der Waals surface area contributed by atoms with E-state index in [0.29, 0.717) is 6.42 Å². The summed E-state index contributed by atoms with van der Waals surface area (Å²) in [6.07, 6.45) is 29.9. The molecule has 0 radical (unpaired) electrons. The molecule has 0 aromatic carbocycles. The van der Waals surface area contributed by atoms with Crippen molar-refractivity contribution in [2.24, 2.45) is 5.92 Å². The number of ether oxygens (including phenoxy) is 1. The number of esters is 2. The Kier molecular flexibility index (Phi) is 16.9. The number of hydrogen-bond acceptors (Lipinski definition) is 3. The van der Waals surface area contributed by atoms with E-state index >= 15 is 0 Å². The summed E-state index contributed by atoms with van der Waals surface area (Å²) in [5, 5.41) is 0. The van der Waals surface area contributed by atoms with E-state index in [9.17, 15) is 9.59 Å². The zero-order valence-electron chi connectivity index (χ0n) is 19.1. The van der Waals surface area contributed by atoms with Crippen molar-refractivity contribution < 1.29 is 14.3 Å². The van der Waals surface area contributed by atoms with Gasteiger partial charge in [-0.15, -0.1) is 0 Å². The number of hydrogen-bond donors (Lipinski definition) is 0. The second kappa shape index (κ2) is 18.9. The van der Waals surface area contributed by atoms with Gasteiger partial charge in [0.15, 0.2) is 0 Å². The maximum absolute atomic E-state index is 11.4. The average molecular weight is 407 g/mol. The first-order valence-electron chi connectivity index (χ1n) is 12.6. The summed E-state index contributed by atoms with van der Waals surface area (Å²) in [5.74, 6) is -0.799. The van der Waals surface area contributed by atoms with Crippen LogP contribution in [0.3, 0.4) is 0 Å². The van der Waals surface area contributed by atoms with Crippen LogP contribution in [0.1, 0.15) is 135 Å². The molecule has 3 heteroatoms. The van der Waals surface area contributed by atoms with Gasteiger partial charge in [0.1, 0.15) is 0 Å². The number of cyclic esters (lactones) is 2. The van der Waals surface area contributed by atoms with Gasteiger partial charge in [-0.05, 0) is 26.2 Å². The molecule has 1 aliphatic heterocycles. The zero-order valence-corrected chi connectivity index (χ0v) is 19.1. The predicted molar refractivity (Wildman–Crippen MR) is 122 cm³/mol. The highest BCUT2D eigenvalue weighted by Gasteiger charge is 2.32. The fraction of sp³-hybridized carbons (Fsp3) is 0.846. The summed E-state index contributed by atoms with van der Waals surface area (Å²) in [6, 6.07) is 0. The first kappa shape index (κ1) is 25.9. The highest BCUT2D eigenvalue weighted by Crippen LogP contribution is 2.22. The fourth-order valence-corrected chi connectivity index (χ4v) is 4.21. The van der Waals surface area contributed by atoms with E-state index in [1.54, 1.807) is 0 Å². The van der Waals surface area contributed by atoms with E-state index in [0.717, 1.165) is 12.8 Å². The smallest absolute Gasteiger partial charge is 0.317 e. The highest BCUT2D eigenvalue weighted by atomic mass is 16.6. The van der Waals surface area contributed by atoms with Gasteiger partial charge < -0.3 is 4.74 Å². The van der Waals surface area contributed by atoms with Gasteiger partial charge in [-0.25, -0.2) is 0 Å². The maximum Gasteiger partial charge on any atom is 0.317 e. The van der Waals surface area contributed by atoms with Crippen LogP contribution in [0.4, 0.5) is 0 Å². The molecule has 1 atom stereocenters. The minimum absolute atomic E-state index is 0.157. The average Bonchev–Trinajstić information content (AvgIpc) is 3.03. The van der Waals surface area contributed by atoms with Gasteiger partial charge in [-0.2, -0.15) is 0 Å². The maximum atomic E-state index is 11.4. The van der Waals surface area contributed by atoms with E-state index in [1.807, 2.05) is 0 Å². The molecule has 1 heterocycles. The Hall–Kier alpha value is -1.12. The molecule has 1 unspecified atom stereocenters. The van der Waals surface area contributed by atoms with Crippen molar-refractivity contribution >= 4 is 11.9 Å². The summed E-state index contributed by atoms with van der Waals surface area (Å²) in [5.41, 5.74) is 0. The molecule has 0 aliphatic carbocycles. The molecular formula is C26H46O3. The van der Waals surface area contributed by atoms with Crippen LogP contribution in [0, 0.1) is 5.92 Å². The Labute approximate surface area is 180 Å². The molecule has 0 aromatic rings. The first-order chi connectivity index (χ1) is 14.2. The Morgan fingerprint density at radius 2 is 1.10 bits per heavy atom. The Morgan fingerprint density at radius 1 is 0.690 bits per heavy atom. The lowest BCUT2D eigenvalue weighted by molar-refractivity contribution is -0.153. The quantitative estimate of drug-likeness (QED) is 0.0888. The molecule has 1 fully saturated rings. The van der Waals surface area contributed by atoms with E-state index in [-0.39, 0.29) is 17.9 Å². The van der Waals surface area contributed by atoms with Crippen LogP contribution in [0.15, 0.2) is 12.2 Å². The van der Waals surface area contributed by atoms with E-state index in [1.165, 1.54) is 109 Å². The molecule has 1 rings (SSSR count). The van der Waals surface area contributed by atoms with Crippen LogP contribution in [-0.4, -0.2) is 11.9 Å². The van der Waals surface area contributed by atoms with Gasteiger partial charge in [-0.1, -0.05) is 115 Å². The zero-order chi connectivity index (χ0) is 21.0. The lowest BCUT2D eigenvalue weighted by Crippen LogP contribution is -2.06. The molecule has 0 N–H and O–H groups in total. The molecule has 0 saturated carbocycles. The van der Waals surface area contributed by atoms with Crippen molar-refractivity contribution in [3.63, 3.8) is 0 Å². The molecular weight excluding hydrogens is 360 g/mol. The molecule has 1 saturated heterocycles. The number of unbranched alkanes of at least 4 members (excludes halogenated alkanes) is 17. The molecule has 1 aliphatic rings. The van der Waals surface area contributed by atoms with Gasteiger partial charge in [0.25, 0.3) is 0 Å². The normalized spacial score (nSPS) is 16.8. The van der Waals surface area contributed by atoms with Crippen LogP contribution >= 0.6 is 0 Å². The largest absolute Gasteiger partial charge is 0.393 e. The van der Waals surface area contributed by atoms with Gasteiger partial charge in [0.05, 0.1) is 12.3 Å². The summed E-state index contributed by atoms with van der Waals surface area (Å²) in [7, 11) is 0. The topological polar surface area (TPSA) is 43.4 Å². The third-order valence-corrected chi connectivity index (χ3v) is 6.12. The van der Waals surface area contributed by atoms with Crippen LogP contribution in [0.5, 0.6) is 0 Å². The van der Waals surface area contributed by atoms with E-state index < -0.39 is 0 Å². The summed E-state index contributed by atoms with van der Waals surface area (Å²) in [4.78, 5) is 22.4. The third-order valence-electron chi connectivity index (χ3n) is 6.12. The van der Waals surface area contributed by atoms with Crippen molar-refractivity contribution in [1.82, 2.24) is 0 Å². The molecule has 3 nitrogen and oxygen atoms in total. The standard InChI is InChI=1S/C26H46O3/c1-2-3-4-5-6-7-8-9-10-11-12-13-14-15-16-17-18-19-20-21-22-24-23-25(27)29-26(24)28/h2-3,24H,4-23H2,1H3/b3-2+. The SMILES string of the molecule is C/C=C/CCCCCCCCCCCCCCCCCCCC1CC(=O)OC1=O. The fourth-order valence-electron chi connectivity index (χ4n) is 4.21. The van der Waals surface area contributed by atoms with Crippen molar-refractivity contribution in [2.45, 2.75) is 135 Å². The van der Waals surface area contributed by atoms with Gasteiger partial charge in [0.2, 0.25) is 0 Å². The third kappa shape index (κ3) is 15.4. The van der Waals surface area contributed by atoms with Crippen molar-refractivity contribution in [1.29, 1.82) is 0 Å². The van der Waals surface area contributed by atoms with Gasteiger partial charge in [0, 0.05) is 0 Å². The van der Waals surface area contributed by atoms with E-state index in [2.05, 4.69) is 23.8 Å². The molecule has 29 heavy (non-hydrogen) atoms. The first-order valence-corrected chi connectivity index (χ1v) is 12.6. The van der Waals surface area contributed by atoms with E-state index in [4.69, 9.17) is 0 Å². The molecule has 168 valence electrons. The van der Waals surface area contributed by atoms with Gasteiger partial charge >= 0.3 is 11.9 Å². The van der Waals surface area contributed by atoms with Crippen LogP contribution in [-0.2, 0) is 14.3 Å². The minimum Gasteiger partial charge on any atom is -0.393 e. The minimum atomic E-state index is -0.341. The van der Waals surface area contributed by atoms with Crippen molar-refractivity contribution in [3.8, 4) is 0 Å². The van der Waals surface area contributed by atoms with Crippen molar-refractivity contribution in [2.75, 3.05) is 0 Å². The summed E-state index contributed by atoms with van der Waals surface area (Å²) < 4.78 is 4.59. The van der Waals surface area contributed by atoms with Crippen molar-refractivity contribution in [3.05, 3.63) is 12.2 Å². The lowest BCUT2D eigenvalue weighted by Gasteiger charge is -2.05. The Bertz CT molecular complexity index is 441. The number of rotatable bonds is 20. The highest BCUT2D eigenvalue weighted by molar-refractivity contribution is 5.94. The Morgan fingerprint density at radius 3 is 1.48 bits per heavy atom. The number of carbonyl (C=O) groups is 2. The van der Waals surface area contributed by atoms with Crippen LogP contribution < -0.4 is 0 Å². The Balaban J connectivity index is 1.69.